The van der Waals surface area contributed by atoms with Gasteiger partial charge < -0.3 is 10.2 Å². The van der Waals surface area contributed by atoms with E-state index in [9.17, 15) is 10.2 Å². The first kappa shape index (κ1) is 10.6. The second-order valence-electron chi connectivity index (χ2n) is 4.22. The van der Waals surface area contributed by atoms with Crippen LogP contribution in [0.3, 0.4) is 0 Å². The molecule has 1 aromatic heterocycles. The first-order valence-electron chi connectivity index (χ1n) is 5.46. The molecule has 1 aromatic rings. The summed E-state index contributed by atoms with van der Waals surface area (Å²) < 4.78 is 1.69. The number of aromatic nitrogens is 3. The predicted octanol–water partition coefficient (Wildman–Crippen LogP) is 0.807. The lowest BCUT2D eigenvalue weighted by Crippen LogP contribution is -2.27. The van der Waals surface area contributed by atoms with Crippen molar-refractivity contribution in [3.8, 4) is 0 Å². The van der Waals surface area contributed by atoms with Crippen LogP contribution in [-0.2, 0) is 0 Å². The molecule has 84 valence electrons. The smallest absolute Gasteiger partial charge is 0.111 e. The highest BCUT2D eigenvalue weighted by Gasteiger charge is 2.25. The van der Waals surface area contributed by atoms with Gasteiger partial charge in [0.1, 0.15) is 5.69 Å². The average Bonchev–Trinajstić information content (AvgIpc) is 2.67. The van der Waals surface area contributed by atoms with Gasteiger partial charge in [0, 0.05) is 0 Å². The molecule has 0 spiro atoms. The van der Waals surface area contributed by atoms with Crippen molar-refractivity contribution in [3.63, 3.8) is 0 Å². The summed E-state index contributed by atoms with van der Waals surface area (Å²) in [5.74, 6) is 0. The average molecular weight is 211 g/mol. The monoisotopic (exact) mass is 211 g/mol. The minimum absolute atomic E-state index is 0.0266. The van der Waals surface area contributed by atoms with Crippen LogP contribution in [0.4, 0.5) is 0 Å². The molecule has 1 fully saturated rings. The van der Waals surface area contributed by atoms with Crippen molar-refractivity contribution in [2.45, 2.75) is 50.9 Å². The Labute approximate surface area is 88.7 Å². The van der Waals surface area contributed by atoms with Crippen molar-refractivity contribution in [2.75, 3.05) is 0 Å². The lowest BCUT2D eigenvalue weighted by molar-refractivity contribution is 0.0684. The van der Waals surface area contributed by atoms with E-state index in [1.54, 1.807) is 17.8 Å². The largest absolute Gasteiger partial charge is 0.391 e. The van der Waals surface area contributed by atoms with Gasteiger partial charge in [0.15, 0.2) is 0 Å². The highest BCUT2D eigenvalue weighted by atomic mass is 16.3. The Balaban J connectivity index is 2.13. The Hall–Kier alpha value is -0.940. The van der Waals surface area contributed by atoms with Crippen LogP contribution in [-0.4, -0.2) is 31.3 Å². The van der Waals surface area contributed by atoms with Crippen molar-refractivity contribution in [2.24, 2.45) is 0 Å². The lowest BCUT2D eigenvalue weighted by atomic mass is 9.93. The molecule has 1 heterocycles. The van der Waals surface area contributed by atoms with Crippen molar-refractivity contribution < 1.29 is 10.2 Å². The van der Waals surface area contributed by atoms with Crippen LogP contribution < -0.4 is 0 Å². The minimum Gasteiger partial charge on any atom is -0.391 e. The number of aliphatic hydroxyl groups is 2. The Kier molecular flexibility index (Phi) is 3.02. The van der Waals surface area contributed by atoms with Gasteiger partial charge in [0.2, 0.25) is 0 Å². The summed E-state index contributed by atoms with van der Waals surface area (Å²) in [5.41, 5.74) is 0.563. The fourth-order valence-electron chi connectivity index (χ4n) is 2.04. The molecule has 15 heavy (non-hydrogen) atoms. The van der Waals surface area contributed by atoms with Gasteiger partial charge in [-0.2, -0.15) is 0 Å². The highest BCUT2D eigenvalue weighted by molar-refractivity contribution is 4.97. The van der Waals surface area contributed by atoms with Gasteiger partial charge >= 0.3 is 0 Å². The Morgan fingerprint density at radius 3 is 2.80 bits per heavy atom. The van der Waals surface area contributed by atoms with Crippen LogP contribution in [0.1, 0.15) is 50.4 Å². The molecule has 0 radical (unpaired) electrons. The first-order valence-corrected chi connectivity index (χ1v) is 5.46. The van der Waals surface area contributed by atoms with Crippen LogP contribution in [0.5, 0.6) is 0 Å². The highest BCUT2D eigenvalue weighted by Crippen LogP contribution is 2.28. The summed E-state index contributed by atoms with van der Waals surface area (Å²) in [6.45, 7) is 1.66. The SMILES string of the molecule is CC(O)c1cn(C2CCCCC2O)nn1. The van der Waals surface area contributed by atoms with Crippen LogP contribution in [0, 0.1) is 0 Å². The molecule has 0 aliphatic heterocycles. The third kappa shape index (κ3) is 2.18. The van der Waals surface area contributed by atoms with Gasteiger partial charge in [-0.05, 0) is 19.8 Å². The molecule has 0 saturated heterocycles. The number of hydrogen-bond donors (Lipinski definition) is 2. The number of hydrogen-bond acceptors (Lipinski definition) is 4. The van der Waals surface area contributed by atoms with Crippen molar-refractivity contribution in [1.82, 2.24) is 15.0 Å². The first-order chi connectivity index (χ1) is 7.18. The van der Waals surface area contributed by atoms with E-state index in [1.165, 1.54) is 0 Å². The molecule has 0 amide bonds. The quantitative estimate of drug-likeness (QED) is 0.759. The van der Waals surface area contributed by atoms with E-state index in [-0.39, 0.29) is 12.1 Å². The van der Waals surface area contributed by atoms with Crippen LogP contribution >= 0.6 is 0 Å². The van der Waals surface area contributed by atoms with Crippen molar-refractivity contribution in [1.29, 1.82) is 0 Å². The van der Waals surface area contributed by atoms with E-state index in [2.05, 4.69) is 10.3 Å². The molecular weight excluding hydrogens is 194 g/mol. The molecule has 3 unspecified atom stereocenters. The zero-order valence-electron chi connectivity index (χ0n) is 8.87. The fourth-order valence-corrected chi connectivity index (χ4v) is 2.04. The minimum atomic E-state index is -0.598. The van der Waals surface area contributed by atoms with E-state index < -0.39 is 6.10 Å². The van der Waals surface area contributed by atoms with Crippen LogP contribution in [0.15, 0.2) is 6.20 Å². The predicted molar refractivity (Wildman–Crippen MR) is 54.2 cm³/mol. The molecule has 2 rings (SSSR count). The zero-order chi connectivity index (χ0) is 10.8. The van der Waals surface area contributed by atoms with Gasteiger partial charge in [-0.3, -0.25) is 0 Å². The molecule has 0 aromatic carbocycles. The topological polar surface area (TPSA) is 71.2 Å². The summed E-state index contributed by atoms with van der Waals surface area (Å²) in [5, 5.41) is 27.0. The summed E-state index contributed by atoms with van der Waals surface area (Å²) in [6, 6.07) is 0.0266. The maximum Gasteiger partial charge on any atom is 0.111 e. The third-order valence-electron chi connectivity index (χ3n) is 2.99. The molecule has 1 saturated carbocycles. The van der Waals surface area contributed by atoms with E-state index >= 15 is 0 Å². The van der Waals surface area contributed by atoms with E-state index in [0.717, 1.165) is 25.7 Å². The second-order valence-corrected chi connectivity index (χ2v) is 4.22. The lowest BCUT2D eigenvalue weighted by Gasteiger charge is -2.27. The van der Waals surface area contributed by atoms with Gasteiger partial charge in [0.25, 0.3) is 0 Å². The Morgan fingerprint density at radius 1 is 1.47 bits per heavy atom. The van der Waals surface area contributed by atoms with Crippen LogP contribution in [0.2, 0.25) is 0 Å². The molecular formula is C10H17N3O2. The third-order valence-corrected chi connectivity index (χ3v) is 2.99. The van der Waals surface area contributed by atoms with Gasteiger partial charge in [-0.25, -0.2) is 4.68 Å². The van der Waals surface area contributed by atoms with Crippen molar-refractivity contribution >= 4 is 0 Å². The summed E-state index contributed by atoms with van der Waals surface area (Å²) in [7, 11) is 0. The maximum absolute atomic E-state index is 9.82. The maximum atomic E-state index is 9.82. The van der Waals surface area contributed by atoms with E-state index in [4.69, 9.17) is 0 Å². The summed E-state index contributed by atoms with van der Waals surface area (Å²) in [6.07, 6.45) is 4.76. The van der Waals surface area contributed by atoms with Gasteiger partial charge in [-0.15, -0.1) is 5.10 Å². The molecule has 1 aliphatic rings. The summed E-state index contributed by atoms with van der Waals surface area (Å²) >= 11 is 0. The standard InChI is InChI=1S/C10H17N3O2/c1-7(14)8-6-13(12-11-8)9-4-2-3-5-10(9)15/h6-7,9-10,14-15H,2-5H2,1H3. The molecule has 5 heteroatoms. The molecule has 1 aliphatic carbocycles. The number of aliphatic hydroxyl groups excluding tert-OH is 2. The number of nitrogens with zero attached hydrogens (tertiary/aromatic N) is 3. The molecule has 3 atom stereocenters. The van der Waals surface area contributed by atoms with E-state index in [1.807, 2.05) is 0 Å². The molecule has 0 bridgehead atoms. The van der Waals surface area contributed by atoms with Gasteiger partial charge in [-0.1, -0.05) is 18.1 Å². The molecule has 2 N–H and O–H groups in total. The van der Waals surface area contributed by atoms with Crippen LogP contribution in [0.25, 0.3) is 0 Å². The van der Waals surface area contributed by atoms with Crippen molar-refractivity contribution in [3.05, 3.63) is 11.9 Å². The number of rotatable bonds is 2. The Morgan fingerprint density at radius 2 is 2.20 bits per heavy atom. The summed E-state index contributed by atoms with van der Waals surface area (Å²) in [4.78, 5) is 0. The zero-order valence-corrected chi connectivity index (χ0v) is 8.87. The fraction of sp³-hybridized carbons (Fsp3) is 0.800. The van der Waals surface area contributed by atoms with Gasteiger partial charge in [0.05, 0.1) is 24.4 Å². The van der Waals surface area contributed by atoms with E-state index in [0.29, 0.717) is 5.69 Å². The second kappa shape index (κ2) is 4.28. The molecule has 5 nitrogen and oxygen atoms in total. The normalized spacial score (nSPS) is 29.0. The Bertz CT molecular complexity index is 324.